The smallest absolute Gasteiger partial charge is 0.223 e. The molecular formula is C27H29FN2O3S. The maximum absolute atomic E-state index is 13.1. The zero-order valence-electron chi connectivity index (χ0n) is 19.2. The van der Waals surface area contributed by atoms with E-state index >= 15 is 0 Å². The molecule has 1 amide bonds. The first-order valence-corrected chi connectivity index (χ1v) is 13.3. The third kappa shape index (κ3) is 5.89. The van der Waals surface area contributed by atoms with Crippen LogP contribution in [0.15, 0.2) is 78.0 Å². The van der Waals surface area contributed by atoms with E-state index in [0.717, 1.165) is 16.7 Å². The van der Waals surface area contributed by atoms with E-state index in [1.165, 1.54) is 12.1 Å². The van der Waals surface area contributed by atoms with Crippen LogP contribution in [-0.2, 0) is 14.6 Å². The van der Waals surface area contributed by atoms with Gasteiger partial charge in [-0.2, -0.15) is 0 Å². The molecule has 0 bridgehead atoms. The molecule has 2 aromatic carbocycles. The lowest BCUT2D eigenvalue weighted by atomic mass is 9.82. The van der Waals surface area contributed by atoms with Crippen molar-refractivity contribution in [2.45, 2.75) is 43.5 Å². The Morgan fingerprint density at radius 1 is 1.00 bits per heavy atom. The summed E-state index contributed by atoms with van der Waals surface area (Å²) in [6.45, 7) is 1.88. The van der Waals surface area contributed by atoms with E-state index < -0.39 is 9.84 Å². The fourth-order valence-electron chi connectivity index (χ4n) is 4.55. The van der Waals surface area contributed by atoms with Gasteiger partial charge in [-0.1, -0.05) is 30.3 Å². The first-order chi connectivity index (χ1) is 16.3. The number of sulfone groups is 1. The summed E-state index contributed by atoms with van der Waals surface area (Å²) in [5.74, 6) is -0.314. The zero-order valence-corrected chi connectivity index (χ0v) is 20.0. The molecule has 1 atom stereocenters. The van der Waals surface area contributed by atoms with E-state index in [9.17, 15) is 17.6 Å². The molecule has 178 valence electrons. The summed E-state index contributed by atoms with van der Waals surface area (Å²) in [6, 6.07) is 16.6. The first kappa shape index (κ1) is 24.1. The summed E-state index contributed by atoms with van der Waals surface area (Å²) in [4.78, 5) is 17.1. The number of hydrogen-bond acceptors (Lipinski definition) is 4. The molecule has 1 aliphatic rings. The molecule has 1 aromatic heterocycles. The van der Waals surface area contributed by atoms with E-state index in [4.69, 9.17) is 0 Å². The highest BCUT2D eigenvalue weighted by atomic mass is 32.2. The summed E-state index contributed by atoms with van der Waals surface area (Å²) in [5, 5.41) is 3.01. The molecule has 1 aliphatic carbocycles. The van der Waals surface area contributed by atoms with Crippen LogP contribution in [0.4, 0.5) is 4.39 Å². The summed E-state index contributed by atoms with van der Waals surface area (Å²) in [5.41, 5.74) is 2.72. The molecule has 4 rings (SSSR count). The quantitative estimate of drug-likeness (QED) is 0.495. The summed E-state index contributed by atoms with van der Waals surface area (Å²) in [6.07, 6.45) is 6.20. The monoisotopic (exact) mass is 480 g/mol. The SMILES string of the molecule is C[C@@H](NC(=O)C1CCC(CS(=O)(=O)c2ccc(-c3cccnc3)cc2)CC1)c1ccc(F)cc1. The number of amides is 1. The van der Waals surface area contributed by atoms with Gasteiger partial charge >= 0.3 is 0 Å². The normalized spacial score (nSPS) is 19.4. The van der Waals surface area contributed by atoms with Crippen LogP contribution in [0.5, 0.6) is 0 Å². The lowest BCUT2D eigenvalue weighted by Crippen LogP contribution is -2.35. The van der Waals surface area contributed by atoms with Crippen molar-refractivity contribution in [3.63, 3.8) is 0 Å². The van der Waals surface area contributed by atoms with Gasteiger partial charge in [0.2, 0.25) is 5.91 Å². The number of pyridine rings is 1. The molecule has 34 heavy (non-hydrogen) atoms. The predicted molar refractivity (Wildman–Crippen MR) is 130 cm³/mol. The second kappa shape index (κ2) is 10.5. The van der Waals surface area contributed by atoms with Gasteiger partial charge in [0.15, 0.2) is 9.84 Å². The van der Waals surface area contributed by atoms with Gasteiger partial charge in [-0.3, -0.25) is 9.78 Å². The van der Waals surface area contributed by atoms with E-state index in [1.54, 1.807) is 36.7 Å². The third-order valence-corrected chi connectivity index (χ3v) is 8.51. The number of nitrogens with zero attached hydrogens (tertiary/aromatic N) is 1. The fourth-order valence-corrected chi connectivity index (χ4v) is 6.25. The molecular weight excluding hydrogens is 451 g/mol. The van der Waals surface area contributed by atoms with Gasteiger partial charge in [-0.05, 0) is 85.5 Å². The van der Waals surface area contributed by atoms with Crippen LogP contribution < -0.4 is 5.32 Å². The number of hydrogen-bond donors (Lipinski definition) is 1. The Hall–Kier alpha value is -3.06. The highest BCUT2D eigenvalue weighted by Crippen LogP contribution is 2.32. The minimum atomic E-state index is -3.40. The van der Waals surface area contributed by atoms with Crippen molar-refractivity contribution in [2.75, 3.05) is 5.75 Å². The minimum Gasteiger partial charge on any atom is -0.349 e. The Labute approximate surface area is 200 Å². The van der Waals surface area contributed by atoms with Crippen LogP contribution in [0.3, 0.4) is 0 Å². The highest BCUT2D eigenvalue weighted by molar-refractivity contribution is 7.91. The van der Waals surface area contributed by atoms with Gasteiger partial charge in [-0.25, -0.2) is 12.8 Å². The van der Waals surface area contributed by atoms with Crippen molar-refractivity contribution in [3.05, 3.63) is 84.4 Å². The number of halogens is 1. The Morgan fingerprint density at radius 2 is 1.68 bits per heavy atom. The molecule has 3 aromatic rings. The molecule has 0 saturated heterocycles. The number of carbonyl (C=O) groups excluding carboxylic acids is 1. The van der Waals surface area contributed by atoms with E-state index in [2.05, 4.69) is 10.3 Å². The molecule has 0 aliphatic heterocycles. The van der Waals surface area contributed by atoms with Crippen molar-refractivity contribution in [2.24, 2.45) is 11.8 Å². The molecule has 5 nitrogen and oxygen atoms in total. The first-order valence-electron chi connectivity index (χ1n) is 11.6. The topological polar surface area (TPSA) is 76.1 Å². The van der Waals surface area contributed by atoms with Crippen molar-refractivity contribution in [1.29, 1.82) is 0 Å². The molecule has 1 saturated carbocycles. The van der Waals surface area contributed by atoms with Gasteiger partial charge in [-0.15, -0.1) is 0 Å². The average Bonchev–Trinajstić information content (AvgIpc) is 2.85. The number of carbonyl (C=O) groups is 1. The third-order valence-electron chi connectivity index (χ3n) is 6.61. The molecule has 1 heterocycles. The Bertz CT molecular complexity index is 1200. The number of aromatic nitrogens is 1. The summed E-state index contributed by atoms with van der Waals surface area (Å²) >= 11 is 0. The van der Waals surface area contributed by atoms with Crippen LogP contribution in [0.25, 0.3) is 11.1 Å². The Balaban J connectivity index is 1.30. The Kier molecular flexibility index (Phi) is 7.41. The second-order valence-corrected chi connectivity index (χ2v) is 11.1. The second-order valence-electron chi connectivity index (χ2n) is 9.05. The standard InChI is InChI=1S/C27H29FN2O3S/c1-19(21-8-12-25(28)13-9-21)30-27(31)23-6-4-20(5-7-23)18-34(32,33)26-14-10-22(11-15-26)24-3-2-16-29-17-24/h2-3,8-17,19-20,23H,4-7,18H2,1H3,(H,30,31)/t19-,20?,23?/m1/s1. The van der Waals surface area contributed by atoms with Crippen molar-refractivity contribution in [3.8, 4) is 11.1 Å². The Morgan fingerprint density at radius 3 is 2.29 bits per heavy atom. The molecule has 0 unspecified atom stereocenters. The van der Waals surface area contributed by atoms with Crippen LogP contribution in [0.2, 0.25) is 0 Å². The van der Waals surface area contributed by atoms with Crippen LogP contribution in [0.1, 0.15) is 44.2 Å². The van der Waals surface area contributed by atoms with Gasteiger partial charge in [0, 0.05) is 18.3 Å². The fraction of sp³-hybridized carbons (Fsp3) is 0.333. The van der Waals surface area contributed by atoms with Crippen molar-refractivity contribution in [1.82, 2.24) is 10.3 Å². The van der Waals surface area contributed by atoms with Gasteiger partial charge in [0.05, 0.1) is 16.7 Å². The van der Waals surface area contributed by atoms with Crippen molar-refractivity contribution < 1.29 is 17.6 Å². The average molecular weight is 481 g/mol. The maximum Gasteiger partial charge on any atom is 0.223 e. The maximum atomic E-state index is 13.1. The molecule has 1 fully saturated rings. The number of rotatable bonds is 7. The summed E-state index contributed by atoms with van der Waals surface area (Å²) < 4.78 is 39.1. The van der Waals surface area contributed by atoms with E-state index in [1.807, 2.05) is 31.2 Å². The van der Waals surface area contributed by atoms with Crippen LogP contribution in [-0.4, -0.2) is 25.1 Å². The predicted octanol–water partition coefficient (Wildman–Crippen LogP) is 5.35. The van der Waals surface area contributed by atoms with Gasteiger partial charge in [0.1, 0.15) is 5.82 Å². The lowest BCUT2D eigenvalue weighted by molar-refractivity contribution is -0.126. The lowest BCUT2D eigenvalue weighted by Gasteiger charge is -2.28. The van der Waals surface area contributed by atoms with Crippen molar-refractivity contribution >= 4 is 15.7 Å². The van der Waals surface area contributed by atoms with E-state index in [0.29, 0.717) is 30.6 Å². The number of nitrogens with one attached hydrogen (secondary N) is 1. The largest absolute Gasteiger partial charge is 0.349 e. The number of benzene rings is 2. The van der Waals surface area contributed by atoms with Crippen LogP contribution in [0, 0.1) is 17.7 Å². The highest BCUT2D eigenvalue weighted by Gasteiger charge is 2.30. The molecule has 0 radical (unpaired) electrons. The molecule has 7 heteroatoms. The minimum absolute atomic E-state index is 0.0240. The molecule has 1 N–H and O–H groups in total. The zero-order chi connectivity index (χ0) is 24.1. The summed E-state index contributed by atoms with van der Waals surface area (Å²) in [7, 11) is -3.40. The van der Waals surface area contributed by atoms with Gasteiger partial charge < -0.3 is 5.32 Å². The van der Waals surface area contributed by atoms with E-state index in [-0.39, 0.29) is 35.4 Å². The van der Waals surface area contributed by atoms with Gasteiger partial charge in [0.25, 0.3) is 0 Å². The van der Waals surface area contributed by atoms with Crippen LogP contribution >= 0.6 is 0 Å². The molecule has 0 spiro atoms.